The van der Waals surface area contributed by atoms with Crippen LogP contribution in [0, 0.1) is 5.92 Å². The Bertz CT molecular complexity index is 476. The molecule has 0 aromatic heterocycles. The van der Waals surface area contributed by atoms with E-state index < -0.39 is 0 Å². The van der Waals surface area contributed by atoms with Crippen LogP contribution in [0.25, 0.3) is 0 Å². The van der Waals surface area contributed by atoms with Crippen LogP contribution in [0.5, 0.6) is 0 Å². The van der Waals surface area contributed by atoms with Gasteiger partial charge < -0.3 is 15.7 Å². The maximum absolute atomic E-state index is 11.8. The average Bonchev–Trinajstić information content (AvgIpc) is 2.95. The maximum Gasteiger partial charge on any atom is 0.251 e. The molecule has 2 amide bonds. The average molecular weight is 290 g/mol. The third-order valence-electron chi connectivity index (χ3n) is 3.91. The topological polar surface area (TPSA) is 78.4 Å². The van der Waals surface area contributed by atoms with Crippen molar-refractivity contribution in [3.8, 4) is 0 Å². The van der Waals surface area contributed by atoms with E-state index in [9.17, 15) is 14.7 Å². The number of hydrogen-bond donors (Lipinski definition) is 3. The summed E-state index contributed by atoms with van der Waals surface area (Å²) in [7, 11) is 0. The van der Waals surface area contributed by atoms with Gasteiger partial charge in [0.15, 0.2) is 0 Å². The maximum atomic E-state index is 11.8. The summed E-state index contributed by atoms with van der Waals surface area (Å²) in [5.41, 5.74) is 0.592. The monoisotopic (exact) mass is 290 g/mol. The number of nitrogens with one attached hydrogen (secondary N) is 2. The molecule has 3 N–H and O–H groups in total. The second-order valence-corrected chi connectivity index (χ2v) is 5.42. The van der Waals surface area contributed by atoms with Gasteiger partial charge in [-0.2, -0.15) is 0 Å². The lowest BCUT2D eigenvalue weighted by molar-refractivity contribution is -0.122. The first kappa shape index (κ1) is 15.5. The van der Waals surface area contributed by atoms with Gasteiger partial charge in [0.1, 0.15) is 0 Å². The molecule has 1 aliphatic rings. The summed E-state index contributed by atoms with van der Waals surface area (Å²) in [6.07, 6.45) is 3.19. The molecule has 0 aliphatic heterocycles. The standard InChI is InChI=1S/C16H22N2O3/c19-11-13-7-4-8-14(13)18-15(20)9-10-17-16(21)12-5-2-1-3-6-12/h1-3,5-6,13-14,19H,4,7-11H2,(H,17,21)(H,18,20). The highest BCUT2D eigenvalue weighted by Crippen LogP contribution is 2.24. The lowest BCUT2D eigenvalue weighted by atomic mass is 10.1. The van der Waals surface area contributed by atoms with Crippen LogP contribution in [0.15, 0.2) is 30.3 Å². The number of amides is 2. The van der Waals surface area contributed by atoms with Gasteiger partial charge in [0.25, 0.3) is 5.91 Å². The summed E-state index contributed by atoms with van der Waals surface area (Å²) < 4.78 is 0. The van der Waals surface area contributed by atoms with Crippen molar-refractivity contribution in [2.75, 3.05) is 13.2 Å². The quantitative estimate of drug-likeness (QED) is 0.733. The molecule has 114 valence electrons. The Balaban J connectivity index is 1.69. The minimum Gasteiger partial charge on any atom is -0.396 e. The first-order valence-electron chi connectivity index (χ1n) is 7.44. The van der Waals surface area contributed by atoms with E-state index in [-0.39, 0.29) is 36.8 Å². The van der Waals surface area contributed by atoms with Crippen molar-refractivity contribution in [1.29, 1.82) is 0 Å². The molecule has 0 bridgehead atoms. The lowest BCUT2D eigenvalue weighted by Crippen LogP contribution is -2.40. The zero-order valence-electron chi connectivity index (χ0n) is 12.0. The SMILES string of the molecule is O=C(CCNC(=O)c1ccccc1)NC1CCCC1CO. The van der Waals surface area contributed by atoms with E-state index in [1.165, 1.54) is 0 Å². The number of carbonyl (C=O) groups excluding carboxylic acids is 2. The van der Waals surface area contributed by atoms with Gasteiger partial charge in [-0.25, -0.2) is 0 Å². The van der Waals surface area contributed by atoms with Gasteiger partial charge in [0, 0.05) is 37.1 Å². The zero-order chi connectivity index (χ0) is 15.1. The Kier molecular flexibility index (Phi) is 5.75. The summed E-state index contributed by atoms with van der Waals surface area (Å²) in [6.45, 7) is 0.436. The molecule has 1 fully saturated rings. The van der Waals surface area contributed by atoms with Gasteiger partial charge in [-0.05, 0) is 25.0 Å². The number of carbonyl (C=O) groups is 2. The van der Waals surface area contributed by atoms with E-state index in [0.717, 1.165) is 19.3 Å². The Hall–Kier alpha value is -1.88. The minimum absolute atomic E-state index is 0.0753. The molecule has 1 aliphatic carbocycles. The molecular weight excluding hydrogens is 268 g/mol. The third kappa shape index (κ3) is 4.56. The molecule has 1 saturated carbocycles. The van der Waals surface area contributed by atoms with Crippen LogP contribution in [-0.4, -0.2) is 36.1 Å². The fraction of sp³-hybridized carbons (Fsp3) is 0.500. The number of aliphatic hydroxyl groups is 1. The highest BCUT2D eigenvalue weighted by atomic mass is 16.3. The summed E-state index contributed by atoms with van der Waals surface area (Å²) >= 11 is 0. The zero-order valence-corrected chi connectivity index (χ0v) is 12.0. The van der Waals surface area contributed by atoms with Crippen molar-refractivity contribution in [2.24, 2.45) is 5.92 Å². The Morgan fingerprint density at radius 2 is 1.95 bits per heavy atom. The van der Waals surface area contributed by atoms with Crippen molar-refractivity contribution in [2.45, 2.75) is 31.7 Å². The fourth-order valence-electron chi connectivity index (χ4n) is 2.71. The van der Waals surface area contributed by atoms with Crippen LogP contribution in [0.1, 0.15) is 36.0 Å². The molecule has 0 heterocycles. The predicted molar refractivity (Wildman–Crippen MR) is 79.7 cm³/mol. The third-order valence-corrected chi connectivity index (χ3v) is 3.91. The molecular formula is C16H22N2O3. The highest BCUT2D eigenvalue weighted by Gasteiger charge is 2.27. The summed E-state index contributed by atoms with van der Waals surface area (Å²) in [5, 5.41) is 14.9. The van der Waals surface area contributed by atoms with Gasteiger partial charge >= 0.3 is 0 Å². The van der Waals surface area contributed by atoms with Crippen LogP contribution < -0.4 is 10.6 Å². The highest BCUT2D eigenvalue weighted by molar-refractivity contribution is 5.94. The molecule has 2 atom stereocenters. The molecule has 5 nitrogen and oxygen atoms in total. The van der Waals surface area contributed by atoms with Crippen LogP contribution in [0.4, 0.5) is 0 Å². The van der Waals surface area contributed by atoms with E-state index in [1.807, 2.05) is 6.07 Å². The predicted octanol–water partition coefficient (Wildman–Crippen LogP) is 1.08. The number of hydrogen-bond acceptors (Lipinski definition) is 3. The Morgan fingerprint density at radius 1 is 1.19 bits per heavy atom. The second kappa shape index (κ2) is 7.78. The van der Waals surface area contributed by atoms with Gasteiger partial charge in [-0.15, -0.1) is 0 Å². The van der Waals surface area contributed by atoms with E-state index in [2.05, 4.69) is 10.6 Å². The van der Waals surface area contributed by atoms with Gasteiger partial charge in [0.05, 0.1) is 0 Å². The van der Waals surface area contributed by atoms with E-state index in [0.29, 0.717) is 12.1 Å². The van der Waals surface area contributed by atoms with Crippen molar-refractivity contribution >= 4 is 11.8 Å². The first-order chi connectivity index (χ1) is 10.2. The molecule has 0 spiro atoms. The number of benzene rings is 1. The molecule has 2 rings (SSSR count). The summed E-state index contributed by atoms with van der Waals surface area (Å²) in [4.78, 5) is 23.6. The Labute approximate surface area is 124 Å². The van der Waals surface area contributed by atoms with Crippen LogP contribution in [0.2, 0.25) is 0 Å². The molecule has 2 unspecified atom stereocenters. The number of aliphatic hydroxyl groups excluding tert-OH is 1. The van der Waals surface area contributed by atoms with Gasteiger partial charge in [-0.1, -0.05) is 24.6 Å². The van der Waals surface area contributed by atoms with Gasteiger partial charge in [0.2, 0.25) is 5.91 Å². The molecule has 5 heteroatoms. The van der Waals surface area contributed by atoms with Crippen LogP contribution in [0.3, 0.4) is 0 Å². The summed E-state index contributed by atoms with van der Waals surface area (Å²) in [5.74, 6) is -0.0703. The Morgan fingerprint density at radius 3 is 2.67 bits per heavy atom. The van der Waals surface area contributed by atoms with Crippen molar-refractivity contribution < 1.29 is 14.7 Å². The van der Waals surface area contributed by atoms with Crippen molar-refractivity contribution in [3.63, 3.8) is 0 Å². The summed E-state index contributed by atoms with van der Waals surface area (Å²) in [6, 6.07) is 9.00. The van der Waals surface area contributed by atoms with Crippen LogP contribution in [-0.2, 0) is 4.79 Å². The molecule has 0 saturated heterocycles. The van der Waals surface area contributed by atoms with Gasteiger partial charge in [-0.3, -0.25) is 9.59 Å². The van der Waals surface area contributed by atoms with Crippen molar-refractivity contribution in [1.82, 2.24) is 10.6 Å². The smallest absolute Gasteiger partial charge is 0.251 e. The number of rotatable bonds is 6. The molecule has 0 radical (unpaired) electrons. The van der Waals surface area contributed by atoms with Crippen molar-refractivity contribution in [3.05, 3.63) is 35.9 Å². The molecule has 1 aromatic rings. The normalized spacial score (nSPS) is 21.0. The molecule has 21 heavy (non-hydrogen) atoms. The van der Waals surface area contributed by atoms with E-state index >= 15 is 0 Å². The van der Waals surface area contributed by atoms with E-state index in [4.69, 9.17) is 0 Å². The molecule has 1 aromatic carbocycles. The largest absolute Gasteiger partial charge is 0.396 e. The lowest BCUT2D eigenvalue weighted by Gasteiger charge is -2.19. The first-order valence-corrected chi connectivity index (χ1v) is 7.44. The minimum atomic E-state index is -0.169. The van der Waals surface area contributed by atoms with Crippen LogP contribution >= 0.6 is 0 Å². The fourth-order valence-corrected chi connectivity index (χ4v) is 2.71. The van der Waals surface area contributed by atoms with E-state index in [1.54, 1.807) is 24.3 Å². The second-order valence-electron chi connectivity index (χ2n) is 5.42.